The maximum Gasteiger partial charge on any atom is 0.573 e. The SMILES string of the molecule is Fc1cc(OC(F)(F)F)ccc1C1CNC1. The van der Waals surface area contributed by atoms with Gasteiger partial charge in [-0.1, -0.05) is 6.07 Å². The van der Waals surface area contributed by atoms with Gasteiger partial charge in [0.25, 0.3) is 0 Å². The van der Waals surface area contributed by atoms with Crippen LogP contribution in [0.25, 0.3) is 0 Å². The summed E-state index contributed by atoms with van der Waals surface area (Å²) in [6.07, 6.45) is -4.79. The van der Waals surface area contributed by atoms with Crippen molar-refractivity contribution >= 4 is 0 Å². The van der Waals surface area contributed by atoms with Crippen LogP contribution in [0.4, 0.5) is 17.6 Å². The molecule has 0 saturated carbocycles. The second-order valence-electron chi connectivity index (χ2n) is 3.59. The number of nitrogens with one attached hydrogen (secondary N) is 1. The minimum atomic E-state index is -4.79. The van der Waals surface area contributed by atoms with E-state index in [9.17, 15) is 17.6 Å². The molecule has 1 fully saturated rings. The quantitative estimate of drug-likeness (QED) is 0.795. The molecule has 0 spiro atoms. The first-order valence-electron chi connectivity index (χ1n) is 4.71. The van der Waals surface area contributed by atoms with Crippen LogP contribution in [0.2, 0.25) is 0 Å². The van der Waals surface area contributed by atoms with Gasteiger partial charge in [0, 0.05) is 25.1 Å². The van der Waals surface area contributed by atoms with Gasteiger partial charge in [0.05, 0.1) is 0 Å². The Kier molecular flexibility index (Phi) is 2.75. The highest BCUT2D eigenvalue weighted by molar-refractivity contribution is 5.32. The number of hydrogen-bond acceptors (Lipinski definition) is 2. The lowest BCUT2D eigenvalue weighted by molar-refractivity contribution is -0.274. The Hall–Kier alpha value is -1.30. The van der Waals surface area contributed by atoms with Gasteiger partial charge in [-0.3, -0.25) is 0 Å². The van der Waals surface area contributed by atoms with Gasteiger partial charge in [-0.05, 0) is 11.6 Å². The average Bonchev–Trinajstić information content (AvgIpc) is 2.03. The molecule has 2 nitrogen and oxygen atoms in total. The van der Waals surface area contributed by atoms with Gasteiger partial charge in [0.15, 0.2) is 0 Å². The van der Waals surface area contributed by atoms with Crippen molar-refractivity contribution in [1.29, 1.82) is 0 Å². The predicted molar refractivity (Wildman–Crippen MR) is 48.7 cm³/mol. The summed E-state index contributed by atoms with van der Waals surface area (Å²) >= 11 is 0. The standard InChI is InChI=1S/C10H9F4NO/c11-9-3-7(16-10(12,13)14)1-2-8(9)6-4-15-5-6/h1-3,6,15H,4-5H2. The van der Waals surface area contributed by atoms with E-state index in [1.54, 1.807) is 0 Å². The zero-order chi connectivity index (χ0) is 11.8. The fourth-order valence-corrected chi connectivity index (χ4v) is 1.54. The predicted octanol–water partition coefficient (Wildman–Crippen LogP) is 2.41. The van der Waals surface area contributed by atoms with Gasteiger partial charge in [-0.15, -0.1) is 13.2 Å². The normalized spacial score (nSPS) is 17.0. The molecule has 1 heterocycles. The molecule has 88 valence electrons. The fraction of sp³-hybridized carbons (Fsp3) is 0.400. The van der Waals surface area contributed by atoms with Gasteiger partial charge < -0.3 is 10.1 Å². The van der Waals surface area contributed by atoms with Crippen molar-refractivity contribution in [3.8, 4) is 5.75 Å². The highest BCUT2D eigenvalue weighted by Crippen LogP contribution is 2.28. The molecule has 16 heavy (non-hydrogen) atoms. The molecule has 0 aromatic heterocycles. The number of halogens is 4. The van der Waals surface area contributed by atoms with Crippen LogP contribution in [-0.2, 0) is 0 Å². The van der Waals surface area contributed by atoms with Crippen LogP contribution in [0.1, 0.15) is 11.5 Å². The zero-order valence-corrected chi connectivity index (χ0v) is 8.14. The number of ether oxygens (including phenoxy) is 1. The zero-order valence-electron chi connectivity index (χ0n) is 8.14. The Bertz CT molecular complexity index is 387. The van der Waals surface area contributed by atoms with Gasteiger partial charge in [-0.2, -0.15) is 0 Å². The van der Waals surface area contributed by atoms with Crippen molar-refractivity contribution in [1.82, 2.24) is 5.32 Å². The lowest BCUT2D eigenvalue weighted by atomic mass is 9.93. The molecule has 0 amide bonds. The summed E-state index contributed by atoms with van der Waals surface area (Å²) in [7, 11) is 0. The molecular formula is C10H9F4NO. The Balaban J connectivity index is 2.15. The molecule has 1 aromatic rings. The van der Waals surface area contributed by atoms with Crippen molar-refractivity contribution in [3.63, 3.8) is 0 Å². The Morgan fingerprint density at radius 1 is 1.25 bits per heavy atom. The van der Waals surface area contributed by atoms with Gasteiger partial charge in [0.1, 0.15) is 11.6 Å². The van der Waals surface area contributed by atoms with E-state index in [0.29, 0.717) is 18.7 Å². The first-order valence-corrected chi connectivity index (χ1v) is 4.71. The van der Waals surface area contributed by atoms with Crippen molar-refractivity contribution in [2.24, 2.45) is 0 Å². The Morgan fingerprint density at radius 2 is 1.94 bits per heavy atom. The number of rotatable bonds is 2. The summed E-state index contributed by atoms with van der Waals surface area (Å²) < 4.78 is 52.6. The first-order chi connectivity index (χ1) is 7.46. The van der Waals surface area contributed by atoms with E-state index in [0.717, 1.165) is 12.1 Å². The van der Waals surface area contributed by atoms with Crippen molar-refractivity contribution in [2.45, 2.75) is 12.3 Å². The van der Waals surface area contributed by atoms with Crippen molar-refractivity contribution in [3.05, 3.63) is 29.6 Å². The lowest BCUT2D eigenvalue weighted by Crippen LogP contribution is -2.40. The molecule has 1 N–H and O–H groups in total. The summed E-state index contributed by atoms with van der Waals surface area (Å²) in [6.45, 7) is 1.30. The van der Waals surface area contributed by atoms with E-state index in [2.05, 4.69) is 10.1 Å². The van der Waals surface area contributed by atoms with Crippen LogP contribution in [0.15, 0.2) is 18.2 Å². The van der Waals surface area contributed by atoms with E-state index in [1.807, 2.05) is 0 Å². The average molecular weight is 235 g/mol. The van der Waals surface area contributed by atoms with Crippen LogP contribution in [-0.4, -0.2) is 19.5 Å². The van der Waals surface area contributed by atoms with Crippen LogP contribution >= 0.6 is 0 Å². The minimum Gasteiger partial charge on any atom is -0.406 e. The molecule has 1 aliphatic rings. The summed E-state index contributed by atoms with van der Waals surface area (Å²) in [5.41, 5.74) is 0.424. The van der Waals surface area contributed by atoms with Gasteiger partial charge in [0.2, 0.25) is 0 Å². The summed E-state index contributed by atoms with van der Waals surface area (Å²) in [6, 6.07) is 3.23. The number of alkyl halides is 3. The van der Waals surface area contributed by atoms with Crippen LogP contribution in [0.5, 0.6) is 5.75 Å². The summed E-state index contributed by atoms with van der Waals surface area (Å²) in [4.78, 5) is 0. The van der Waals surface area contributed by atoms with Gasteiger partial charge >= 0.3 is 6.36 Å². The summed E-state index contributed by atoms with van der Waals surface area (Å²) in [5, 5.41) is 2.96. The molecule has 0 aliphatic carbocycles. The molecular weight excluding hydrogens is 226 g/mol. The molecule has 0 radical (unpaired) electrons. The van der Waals surface area contributed by atoms with Crippen molar-refractivity contribution < 1.29 is 22.3 Å². The topological polar surface area (TPSA) is 21.3 Å². The number of benzene rings is 1. The molecule has 0 bridgehead atoms. The van der Waals surface area contributed by atoms with E-state index < -0.39 is 17.9 Å². The Morgan fingerprint density at radius 3 is 2.38 bits per heavy atom. The highest BCUT2D eigenvalue weighted by Gasteiger charge is 2.31. The first kappa shape index (κ1) is 11.2. The third-order valence-electron chi connectivity index (χ3n) is 2.43. The van der Waals surface area contributed by atoms with E-state index in [4.69, 9.17) is 0 Å². The molecule has 0 atom stereocenters. The molecule has 1 saturated heterocycles. The molecule has 6 heteroatoms. The fourth-order valence-electron chi connectivity index (χ4n) is 1.54. The second-order valence-corrected chi connectivity index (χ2v) is 3.59. The largest absolute Gasteiger partial charge is 0.573 e. The van der Waals surface area contributed by atoms with Crippen LogP contribution in [0.3, 0.4) is 0 Å². The van der Waals surface area contributed by atoms with Gasteiger partial charge in [-0.25, -0.2) is 4.39 Å². The molecule has 2 rings (SSSR count). The lowest BCUT2D eigenvalue weighted by Gasteiger charge is -2.27. The maximum absolute atomic E-state index is 13.4. The maximum atomic E-state index is 13.4. The van der Waals surface area contributed by atoms with E-state index >= 15 is 0 Å². The minimum absolute atomic E-state index is 0.0416. The second kappa shape index (κ2) is 3.93. The molecule has 1 aliphatic heterocycles. The third-order valence-corrected chi connectivity index (χ3v) is 2.43. The molecule has 0 unspecified atom stereocenters. The van der Waals surface area contributed by atoms with Crippen LogP contribution < -0.4 is 10.1 Å². The van der Waals surface area contributed by atoms with Crippen LogP contribution in [0, 0.1) is 5.82 Å². The van der Waals surface area contributed by atoms with E-state index in [-0.39, 0.29) is 5.92 Å². The molecule has 1 aromatic carbocycles. The Labute approximate surface area is 89.2 Å². The monoisotopic (exact) mass is 235 g/mol. The smallest absolute Gasteiger partial charge is 0.406 e. The summed E-state index contributed by atoms with van der Waals surface area (Å²) in [5.74, 6) is -1.14. The van der Waals surface area contributed by atoms with Crippen molar-refractivity contribution in [2.75, 3.05) is 13.1 Å². The number of hydrogen-bond donors (Lipinski definition) is 1. The highest BCUT2D eigenvalue weighted by atomic mass is 19.4. The third kappa shape index (κ3) is 2.44. The van der Waals surface area contributed by atoms with E-state index in [1.165, 1.54) is 6.07 Å².